The minimum Gasteiger partial charge on any atom is -0.377 e. The zero-order valence-electron chi connectivity index (χ0n) is 12.5. The maximum atomic E-state index is 12.2. The van der Waals surface area contributed by atoms with Crippen molar-refractivity contribution in [1.29, 1.82) is 0 Å². The lowest BCUT2D eigenvalue weighted by atomic mass is 10.1. The van der Waals surface area contributed by atoms with Crippen LogP contribution in [0.4, 0.5) is 0 Å². The van der Waals surface area contributed by atoms with E-state index in [0.717, 1.165) is 5.56 Å². The monoisotopic (exact) mass is 300 g/mol. The molecule has 0 heterocycles. The maximum Gasteiger partial charge on any atom is 0.240 e. The summed E-state index contributed by atoms with van der Waals surface area (Å²) in [5.41, 5.74) is 0.939. The molecule has 0 bridgehead atoms. The molecule has 2 N–H and O–H groups in total. The van der Waals surface area contributed by atoms with Gasteiger partial charge in [0.1, 0.15) is 0 Å². The normalized spacial score (nSPS) is 13.7. The van der Waals surface area contributed by atoms with Crippen LogP contribution < -0.4 is 10.0 Å². The summed E-state index contributed by atoms with van der Waals surface area (Å²) < 4.78 is 32.2. The number of benzene rings is 1. The van der Waals surface area contributed by atoms with Gasteiger partial charge in [-0.25, -0.2) is 13.1 Å². The minimum absolute atomic E-state index is 0.0966. The average Bonchev–Trinajstić information content (AvgIpc) is 2.42. The Balaban J connectivity index is 2.72. The summed E-state index contributed by atoms with van der Waals surface area (Å²) in [7, 11) is -1.64. The molecule has 1 aromatic carbocycles. The lowest BCUT2D eigenvalue weighted by molar-refractivity contribution is 0.0834. The predicted octanol–water partition coefficient (Wildman–Crippen LogP) is 1.67. The van der Waals surface area contributed by atoms with Gasteiger partial charge in [0.25, 0.3) is 0 Å². The molecule has 0 aliphatic rings. The smallest absolute Gasteiger partial charge is 0.240 e. The highest BCUT2D eigenvalue weighted by Crippen LogP contribution is 2.16. The Kier molecular flexibility index (Phi) is 6.61. The Morgan fingerprint density at radius 2 is 1.95 bits per heavy atom. The number of ether oxygens (including phenoxy) is 1. The summed E-state index contributed by atoms with van der Waals surface area (Å²) in [6.07, 6.45) is 0.0966. The van der Waals surface area contributed by atoms with E-state index in [-0.39, 0.29) is 23.6 Å². The first-order chi connectivity index (χ1) is 9.36. The molecule has 0 saturated heterocycles. The van der Waals surface area contributed by atoms with E-state index in [2.05, 4.69) is 10.0 Å². The van der Waals surface area contributed by atoms with Crippen molar-refractivity contribution in [3.05, 3.63) is 29.8 Å². The standard InChI is InChI=1S/C14H24N2O3S/c1-11(2)19-9-8-16-20(17,18)14-7-5-6-13(10-14)12(3)15-4/h5-7,10-12,15-16H,8-9H2,1-4H3. The lowest BCUT2D eigenvalue weighted by Gasteiger charge is -2.13. The fourth-order valence-electron chi connectivity index (χ4n) is 1.67. The molecule has 6 heteroatoms. The fourth-order valence-corrected chi connectivity index (χ4v) is 2.74. The molecule has 114 valence electrons. The van der Waals surface area contributed by atoms with E-state index in [0.29, 0.717) is 6.61 Å². The van der Waals surface area contributed by atoms with Crippen LogP contribution >= 0.6 is 0 Å². The van der Waals surface area contributed by atoms with Gasteiger partial charge in [-0.3, -0.25) is 0 Å². The maximum absolute atomic E-state index is 12.2. The molecule has 1 atom stereocenters. The van der Waals surface area contributed by atoms with E-state index >= 15 is 0 Å². The third-order valence-electron chi connectivity index (χ3n) is 2.95. The van der Waals surface area contributed by atoms with Gasteiger partial charge in [0, 0.05) is 12.6 Å². The highest BCUT2D eigenvalue weighted by atomic mass is 32.2. The number of rotatable bonds is 8. The Hall–Kier alpha value is -0.950. The highest BCUT2D eigenvalue weighted by molar-refractivity contribution is 7.89. The zero-order chi connectivity index (χ0) is 15.2. The van der Waals surface area contributed by atoms with Gasteiger partial charge >= 0.3 is 0 Å². The summed E-state index contributed by atoms with van der Waals surface area (Å²) in [4.78, 5) is 0.279. The number of nitrogens with one attached hydrogen (secondary N) is 2. The van der Waals surface area contributed by atoms with Gasteiger partial charge < -0.3 is 10.1 Å². The van der Waals surface area contributed by atoms with Gasteiger partial charge in [-0.2, -0.15) is 0 Å². The summed E-state index contributed by atoms with van der Waals surface area (Å²) in [5.74, 6) is 0. The summed E-state index contributed by atoms with van der Waals surface area (Å²) in [5, 5.41) is 3.09. The quantitative estimate of drug-likeness (QED) is 0.717. The van der Waals surface area contributed by atoms with Gasteiger partial charge in [-0.05, 0) is 45.5 Å². The molecule has 0 aromatic heterocycles. The second-order valence-corrected chi connectivity index (χ2v) is 6.67. The van der Waals surface area contributed by atoms with Gasteiger partial charge in [0.15, 0.2) is 0 Å². The van der Waals surface area contributed by atoms with Crippen LogP contribution in [-0.4, -0.2) is 34.7 Å². The first kappa shape index (κ1) is 17.1. The van der Waals surface area contributed by atoms with Crippen molar-refractivity contribution in [1.82, 2.24) is 10.0 Å². The molecule has 0 fully saturated rings. The molecule has 0 aliphatic carbocycles. The first-order valence-corrected chi connectivity index (χ1v) is 8.23. The van der Waals surface area contributed by atoms with Crippen molar-refractivity contribution in [3.63, 3.8) is 0 Å². The Morgan fingerprint density at radius 1 is 1.25 bits per heavy atom. The first-order valence-electron chi connectivity index (χ1n) is 6.75. The van der Waals surface area contributed by atoms with E-state index in [1.54, 1.807) is 18.2 Å². The number of hydrogen-bond acceptors (Lipinski definition) is 4. The van der Waals surface area contributed by atoms with E-state index in [1.165, 1.54) is 0 Å². The third kappa shape index (κ3) is 5.20. The third-order valence-corrected chi connectivity index (χ3v) is 4.41. The molecular formula is C14H24N2O3S. The van der Waals surface area contributed by atoms with Crippen molar-refractivity contribution >= 4 is 10.0 Å². The summed E-state index contributed by atoms with van der Waals surface area (Å²) in [6, 6.07) is 7.05. The summed E-state index contributed by atoms with van der Waals surface area (Å²) >= 11 is 0. The Bertz CT molecular complexity index is 515. The van der Waals surface area contributed by atoms with Crippen LogP contribution in [0.5, 0.6) is 0 Å². The van der Waals surface area contributed by atoms with E-state index in [9.17, 15) is 8.42 Å². The van der Waals surface area contributed by atoms with Crippen LogP contribution in [0.1, 0.15) is 32.4 Å². The zero-order valence-corrected chi connectivity index (χ0v) is 13.3. The van der Waals surface area contributed by atoms with Crippen molar-refractivity contribution in [3.8, 4) is 0 Å². The van der Waals surface area contributed by atoms with E-state index < -0.39 is 10.0 Å². The predicted molar refractivity (Wildman–Crippen MR) is 80.2 cm³/mol. The summed E-state index contributed by atoms with van der Waals surface area (Å²) in [6.45, 7) is 6.44. The molecule has 1 rings (SSSR count). The topological polar surface area (TPSA) is 67.4 Å². The molecule has 20 heavy (non-hydrogen) atoms. The molecule has 1 aromatic rings. The van der Waals surface area contributed by atoms with Crippen LogP contribution in [0.3, 0.4) is 0 Å². The average molecular weight is 300 g/mol. The van der Waals surface area contributed by atoms with Crippen LogP contribution in [0.15, 0.2) is 29.2 Å². The van der Waals surface area contributed by atoms with Gasteiger partial charge in [-0.1, -0.05) is 12.1 Å². The molecule has 0 amide bonds. The lowest BCUT2D eigenvalue weighted by Crippen LogP contribution is -2.28. The molecule has 0 aliphatic heterocycles. The Morgan fingerprint density at radius 3 is 2.55 bits per heavy atom. The largest absolute Gasteiger partial charge is 0.377 e. The molecule has 0 spiro atoms. The van der Waals surface area contributed by atoms with Crippen LogP contribution in [0.25, 0.3) is 0 Å². The van der Waals surface area contributed by atoms with Crippen molar-refractivity contribution in [2.24, 2.45) is 0 Å². The van der Waals surface area contributed by atoms with Gasteiger partial charge in [-0.15, -0.1) is 0 Å². The van der Waals surface area contributed by atoms with Gasteiger partial charge in [0.2, 0.25) is 10.0 Å². The fraction of sp³-hybridized carbons (Fsp3) is 0.571. The van der Waals surface area contributed by atoms with Crippen molar-refractivity contribution in [2.45, 2.75) is 37.8 Å². The minimum atomic E-state index is -3.48. The van der Waals surface area contributed by atoms with E-state index in [4.69, 9.17) is 4.74 Å². The molecule has 5 nitrogen and oxygen atoms in total. The second kappa shape index (κ2) is 7.73. The van der Waals surface area contributed by atoms with Crippen molar-refractivity contribution < 1.29 is 13.2 Å². The molecule has 0 radical (unpaired) electrons. The SMILES string of the molecule is CNC(C)c1cccc(S(=O)(=O)NCCOC(C)C)c1. The van der Waals surface area contributed by atoms with E-state index in [1.807, 2.05) is 33.9 Å². The van der Waals surface area contributed by atoms with Gasteiger partial charge in [0.05, 0.1) is 17.6 Å². The van der Waals surface area contributed by atoms with Crippen LogP contribution in [-0.2, 0) is 14.8 Å². The number of sulfonamides is 1. The Labute approximate surface area is 121 Å². The van der Waals surface area contributed by atoms with Crippen molar-refractivity contribution in [2.75, 3.05) is 20.2 Å². The highest BCUT2D eigenvalue weighted by Gasteiger charge is 2.15. The number of hydrogen-bond donors (Lipinski definition) is 2. The molecular weight excluding hydrogens is 276 g/mol. The van der Waals surface area contributed by atoms with Crippen LogP contribution in [0, 0.1) is 0 Å². The van der Waals surface area contributed by atoms with Crippen LogP contribution in [0.2, 0.25) is 0 Å². The second-order valence-electron chi connectivity index (χ2n) is 4.90. The molecule has 1 unspecified atom stereocenters. The molecule has 0 saturated carbocycles.